The van der Waals surface area contributed by atoms with Gasteiger partial charge in [0.1, 0.15) is 12.2 Å². The minimum atomic E-state index is -4.33. The van der Waals surface area contributed by atoms with Crippen LogP contribution in [-0.2, 0) is 24.6 Å². The quantitative estimate of drug-likeness (QED) is 0.358. The lowest BCUT2D eigenvalue weighted by Gasteiger charge is -2.43. The minimum absolute atomic E-state index is 0. The molecule has 0 bridgehead atoms. The molecule has 30 heavy (non-hydrogen) atoms. The zero-order valence-corrected chi connectivity index (χ0v) is 19.1. The van der Waals surface area contributed by atoms with E-state index in [1.165, 1.54) is 12.1 Å². The predicted octanol–water partition coefficient (Wildman–Crippen LogP) is 3.52. The summed E-state index contributed by atoms with van der Waals surface area (Å²) in [6, 6.07) is 5.92. The number of rotatable bonds is 4. The molecular formula is C20H26F3IN6. The first-order valence-corrected chi connectivity index (χ1v) is 9.91. The third kappa shape index (κ3) is 4.73. The standard InChI is InChI=1S/C20H25F3N6.HI/c1-24-18(28-16-6-7-17-26-13-27-29(17)11-16)25-12-19(8-3-9-19)14-4-2-5-15(10-14)20(21,22)23;/h2,4-5,10,13,16H,3,6-9,11-12H2,1H3,(H2,24,25,28);1H. The smallest absolute Gasteiger partial charge is 0.356 e. The molecule has 1 aliphatic heterocycles. The van der Waals surface area contributed by atoms with E-state index in [2.05, 4.69) is 25.7 Å². The Bertz CT molecular complexity index is 891. The number of halogens is 4. The molecule has 1 atom stereocenters. The van der Waals surface area contributed by atoms with E-state index in [0.29, 0.717) is 12.5 Å². The second kappa shape index (κ2) is 9.11. The van der Waals surface area contributed by atoms with Gasteiger partial charge in [-0.2, -0.15) is 18.3 Å². The Balaban J connectivity index is 0.00000256. The van der Waals surface area contributed by atoms with Gasteiger partial charge >= 0.3 is 6.18 Å². The zero-order chi connectivity index (χ0) is 20.5. The van der Waals surface area contributed by atoms with E-state index in [9.17, 15) is 13.2 Å². The molecule has 1 fully saturated rings. The average molecular weight is 534 g/mol. The Hall–Kier alpha value is -1.85. The van der Waals surface area contributed by atoms with Gasteiger partial charge in [-0.1, -0.05) is 24.6 Å². The van der Waals surface area contributed by atoms with Crippen LogP contribution in [0.15, 0.2) is 35.6 Å². The second-order valence-corrected chi connectivity index (χ2v) is 7.88. The Morgan fingerprint density at radius 2 is 2.13 bits per heavy atom. The van der Waals surface area contributed by atoms with Crippen molar-refractivity contribution in [2.24, 2.45) is 4.99 Å². The van der Waals surface area contributed by atoms with E-state index in [1.54, 1.807) is 19.4 Å². The van der Waals surface area contributed by atoms with Crippen molar-refractivity contribution in [1.29, 1.82) is 0 Å². The summed E-state index contributed by atoms with van der Waals surface area (Å²) < 4.78 is 41.3. The summed E-state index contributed by atoms with van der Waals surface area (Å²) in [4.78, 5) is 8.54. The monoisotopic (exact) mass is 534 g/mol. The number of aromatic nitrogens is 3. The molecular weight excluding hydrogens is 508 g/mol. The lowest BCUT2D eigenvalue weighted by molar-refractivity contribution is -0.137. The van der Waals surface area contributed by atoms with Gasteiger partial charge < -0.3 is 10.6 Å². The topological polar surface area (TPSA) is 67.1 Å². The average Bonchev–Trinajstić information content (AvgIpc) is 3.13. The first kappa shape index (κ1) is 22.8. The molecule has 1 aromatic carbocycles. The number of nitrogens with zero attached hydrogens (tertiary/aromatic N) is 4. The first-order chi connectivity index (χ1) is 13.9. The number of alkyl halides is 3. The van der Waals surface area contributed by atoms with E-state index in [4.69, 9.17) is 0 Å². The number of benzene rings is 1. The number of aliphatic imine (C=N–C) groups is 1. The van der Waals surface area contributed by atoms with Crippen LogP contribution in [0.4, 0.5) is 13.2 Å². The van der Waals surface area contributed by atoms with Gasteiger partial charge in [-0.3, -0.25) is 4.99 Å². The molecule has 0 radical (unpaired) electrons. The van der Waals surface area contributed by atoms with Gasteiger partial charge in [0.2, 0.25) is 0 Å². The molecule has 2 aliphatic rings. The van der Waals surface area contributed by atoms with Gasteiger partial charge in [-0.15, -0.1) is 24.0 Å². The van der Waals surface area contributed by atoms with Crippen molar-refractivity contribution in [1.82, 2.24) is 25.4 Å². The van der Waals surface area contributed by atoms with Crippen LogP contribution in [0.25, 0.3) is 0 Å². The zero-order valence-electron chi connectivity index (χ0n) is 16.7. The van der Waals surface area contributed by atoms with Crippen LogP contribution < -0.4 is 10.6 Å². The SMILES string of the molecule is CN=C(NCC1(c2cccc(C(F)(F)F)c2)CCC1)NC1CCc2ncnn2C1.I. The fraction of sp³-hybridized carbons (Fsp3) is 0.550. The van der Waals surface area contributed by atoms with Crippen molar-refractivity contribution in [2.75, 3.05) is 13.6 Å². The van der Waals surface area contributed by atoms with Crippen LogP contribution in [0.5, 0.6) is 0 Å². The molecule has 2 N–H and O–H groups in total. The number of hydrogen-bond acceptors (Lipinski definition) is 3. The molecule has 1 unspecified atom stereocenters. The van der Waals surface area contributed by atoms with E-state index < -0.39 is 11.7 Å². The molecule has 0 spiro atoms. The van der Waals surface area contributed by atoms with Crippen molar-refractivity contribution in [3.8, 4) is 0 Å². The van der Waals surface area contributed by atoms with E-state index in [1.807, 2.05) is 4.68 Å². The second-order valence-electron chi connectivity index (χ2n) is 7.88. The summed E-state index contributed by atoms with van der Waals surface area (Å²) in [5.74, 6) is 1.65. The lowest BCUT2D eigenvalue weighted by atomic mass is 9.64. The molecule has 2 aromatic rings. The molecule has 2 heterocycles. The van der Waals surface area contributed by atoms with Gasteiger partial charge in [-0.25, -0.2) is 9.67 Å². The van der Waals surface area contributed by atoms with Crippen LogP contribution in [0.3, 0.4) is 0 Å². The highest BCUT2D eigenvalue weighted by atomic mass is 127. The minimum Gasteiger partial charge on any atom is -0.356 e. The Morgan fingerprint density at radius 1 is 1.33 bits per heavy atom. The van der Waals surface area contributed by atoms with Gasteiger partial charge in [0.15, 0.2) is 5.96 Å². The van der Waals surface area contributed by atoms with Crippen LogP contribution >= 0.6 is 24.0 Å². The maximum absolute atomic E-state index is 13.1. The van der Waals surface area contributed by atoms with E-state index in [-0.39, 0.29) is 35.4 Å². The van der Waals surface area contributed by atoms with Gasteiger partial charge in [0, 0.05) is 31.5 Å². The molecule has 0 amide bonds. The highest BCUT2D eigenvalue weighted by molar-refractivity contribution is 14.0. The number of aryl methyl sites for hydroxylation is 1. The Kier molecular flexibility index (Phi) is 6.93. The highest BCUT2D eigenvalue weighted by Gasteiger charge is 2.40. The molecule has 10 heteroatoms. The summed E-state index contributed by atoms with van der Waals surface area (Å²) in [6.45, 7) is 1.27. The maximum Gasteiger partial charge on any atom is 0.416 e. The Morgan fingerprint density at radius 3 is 2.80 bits per heavy atom. The largest absolute Gasteiger partial charge is 0.416 e. The van der Waals surface area contributed by atoms with Crippen LogP contribution in [0.2, 0.25) is 0 Å². The van der Waals surface area contributed by atoms with E-state index >= 15 is 0 Å². The van der Waals surface area contributed by atoms with Crippen molar-refractivity contribution < 1.29 is 13.2 Å². The predicted molar refractivity (Wildman–Crippen MR) is 119 cm³/mol. The number of hydrogen-bond donors (Lipinski definition) is 2. The van der Waals surface area contributed by atoms with Gasteiger partial charge in [0.25, 0.3) is 0 Å². The van der Waals surface area contributed by atoms with Crippen LogP contribution in [0, 0.1) is 0 Å². The maximum atomic E-state index is 13.1. The van der Waals surface area contributed by atoms with Crippen molar-refractivity contribution in [2.45, 2.75) is 56.3 Å². The molecule has 164 valence electrons. The molecule has 0 saturated heterocycles. The van der Waals surface area contributed by atoms with Gasteiger partial charge in [-0.05, 0) is 30.9 Å². The first-order valence-electron chi connectivity index (χ1n) is 9.91. The third-order valence-electron chi connectivity index (χ3n) is 6.08. The normalized spacial score (nSPS) is 20.5. The van der Waals surface area contributed by atoms with Gasteiger partial charge in [0.05, 0.1) is 12.1 Å². The van der Waals surface area contributed by atoms with Crippen LogP contribution in [-0.4, -0.2) is 40.4 Å². The lowest BCUT2D eigenvalue weighted by Crippen LogP contribution is -2.52. The summed E-state index contributed by atoms with van der Waals surface area (Å²) in [5, 5.41) is 11.0. The van der Waals surface area contributed by atoms with Crippen molar-refractivity contribution in [3.05, 3.63) is 47.5 Å². The number of nitrogens with one attached hydrogen (secondary N) is 2. The fourth-order valence-electron chi connectivity index (χ4n) is 4.19. The summed E-state index contributed by atoms with van der Waals surface area (Å²) in [6.07, 6.45) is 1.77. The Labute approximate surface area is 190 Å². The summed E-state index contributed by atoms with van der Waals surface area (Å²) >= 11 is 0. The van der Waals surface area contributed by atoms with Crippen LogP contribution in [0.1, 0.15) is 42.6 Å². The summed E-state index contributed by atoms with van der Waals surface area (Å²) in [5.41, 5.74) is -0.133. The van der Waals surface area contributed by atoms with Crippen molar-refractivity contribution in [3.63, 3.8) is 0 Å². The van der Waals surface area contributed by atoms with E-state index in [0.717, 1.165) is 56.1 Å². The molecule has 1 aromatic heterocycles. The highest BCUT2D eigenvalue weighted by Crippen LogP contribution is 2.44. The van der Waals surface area contributed by atoms with Crippen molar-refractivity contribution >= 4 is 29.9 Å². The molecule has 6 nitrogen and oxygen atoms in total. The molecule has 4 rings (SSSR count). The fourth-order valence-corrected chi connectivity index (χ4v) is 4.19. The molecule has 1 saturated carbocycles. The number of fused-ring (bicyclic) bond motifs is 1. The summed E-state index contributed by atoms with van der Waals surface area (Å²) in [7, 11) is 1.71. The number of guanidine groups is 1. The molecule has 1 aliphatic carbocycles. The third-order valence-corrected chi connectivity index (χ3v) is 6.08.